The van der Waals surface area contributed by atoms with Crippen molar-refractivity contribution in [3.8, 4) is 11.8 Å². The number of carbonyl (C=O) groups is 1. The molecule has 0 spiro atoms. The van der Waals surface area contributed by atoms with E-state index in [9.17, 15) is 4.79 Å². The summed E-state index contributed by atoms with van der Waals surface area (Å²) in [5.74, 6) is 0.781. The first-order valence-corrected chi connectivity index (χ1v) is 7.19. The Labute approximate surface area is 126 Å². The molecule has 1 saturated carbocycles. The summed E-state index contributed by atoms with van der Waals surface area (Å²) in [5, 5.41) is 11.9. The first kappa shape index (κ1) is 15.4. The van der Waals surface area contributed by atoms with Crippen molar-refractivity contribution in [3.63, 3.8) is 0 Å². The SMILES string of the molecule is CC1(C)C(CNC(=O)COc2ccccc2C#N)C1(C)C. The van der Waals surface area contributed by atoms with Gasteiger partial charge in [-0.05, 0) is 28.9 Å². The number of hydrogen-bond acceptors (Lipinski definition) is 3. The molecule has 1 aromatic rings. The normalized spacial score (nSPS) is 18.6. The fourth-order valence-corrected chi connectivity index (χ4v) is 2.94. The first-order chi connectivity index (χ1) is 9.80. The van der Waals surface area contributed by atoms with Crippen molar-refractivity contribution in [2.24, 2.45) is 16.7 Å². The highest BCUT2D eigenvalue weighted by atomic mass is 16.5. The van der Waals surface area contributed by atoms with Gasteiger partial charge in [-0.2, -0.15) is 5.26 Å². The van der Waals surface area contributed by atoms with Crippen LogP contribution in [0.5, 0.6) is 5.75 Å². The number of nitriles is 1. The van der Waals surface area contributed by atoms with Crippen LogP contribution < -0.4 is 10.1 Å². The summed E-state index contributed by atoms with van der Waals surface area (Å²) < 4.78 is 5.41. The van der Waals surface area contributed by atoms with Crippen LogP contribution >= 0.6 is 0 Å². The van der Waals surface area contributed by atoms with Gasteiger partial charge in [0.15, 0.2) is 6.61 Å². The molecule has 0 radical (unpaired) electrons. The van der Waals surface area contributed by atoms with Crippen LogP contribution in [0.25, 0.3) is 0 Å². The van der Waals surface area contributed by atoms with E-state index in [0.29, 0.717) is 23.8 Å². The van der Waals surface area contributed by atoms with Crippen molar-refractivity contribution in [1.29, 1.82) is 5.26 Å². The lowest BCUT2D eigenvalue weighted by Crippen LogP contribution is -2.31. The number of nitrogens with one attached hydrogen (secondary N) is 1. The molecular weight excluding hydrogens is 264 g/mol. The van der Waals surface area contributed by atoms with Crippen LogP contribution in [0.3, 0.4) is 0 Å². The zero-order valence-electron chi connectivity index (χ0n) is 13.1. The quantitative estimate of drug-likeness (QED) is 0.905. The van der Waals surface area contributed by atoms with Gasteiger partial charge in [-0.3, -0.25) is 4.79 Å². The van der Waals surface area contributed by atoms with Crippen molar-refractivity contribution in [3.05, 3.63) is 29.8 Å². The molecule has 1 aliphatic rings. The maximum absolute atomic E-state index is 11.9. The molecule has 0 saturated heterocycles. The Morgan fingerprint density at radius 3 is 2.48 bits per heavy atom. The summed E-state index contributed by atoms with van der Waals surface area (Å²) >= 11 is 0. The Morgan fingerprint density at radius 1 is 1.29 bits per heavy atom. The topological polar surface area (TPSA) is 62.1 Å². The van der Waals surface area contributed by atoms with Gasteiger partial charge >= 0.3 is 0 Å². The van der Waals surface area contributed by atoms with Gasteiger partial charge in [-0.25, -0.2) is 0 Å². The minimum atomic E-state index is -0.152. The predicted molar refractivity (Wildman–Crippen MR) is 80.7 cm³/mol. The molecule has 0 atom stereocenters. The maximum atomic E-state index is 11.9. The van der Waals surface area contributed by atoms with Gasteiger partial charge in [0.05, 0.1) is 5.56 Å². The lowest BCUT2D eigenvalue weighted by molar-refractivity contribution is -0.123. The number of carbonyl (C=O) groups excluding carboxylic acids is 1. The highest BCUT2D eigenvalue weighted by molar-refractivity contribution is 5.77. The van der Waals surface area contributed by atoms with Crippen molar-refractivity contribution in [2.45, 2.75) is 27.7 Å². The van der Waals surface area contributed by atoms with Crippen LogP contribution in [-0.2, 0) is 4.79 Å². The molecule has 112 valence electrons. The minimum absolute atomic E-state index is 0.0632. The molecule has 0 aliphatic heterocycles. The summed E-state index contributed by atoms with van der Waals surface area (Å²) in [6, 6.07) is 8.95. The monoisotopic (exact) mass is 286 g/mol. The second-order valence-electron chi connectivity index (χ2n) is 6.70. The van der Waals surface area contributed by atoms with Gasteiger partial charge < -0.3 is 10.1 Å². The summed E-state index contributed by atoms with van der Waals surface area (Å²) in [6.45, 7) is 9.51. The van der Waals surface area contributed by atoms with E-state index in [4.69, 9.17) is 10.00 Å². The second-order valence-corrected chi connectivity index (χ2v) is 6.70. The number of rotatable bonds is 5. The Kier molecular flexibility index (Phi) is 3.95. The minimum Gasteiger partial charge on any atom is -0.482 e. The van der Waals surface area contributed by atoms with E-state index in [2.05, 4.69) is 33.0 Å². The van der Waals surface area contributed by atoms with Crippen LogP contribution in [0.4, 0.5) is 0 Å². The molecule has 21 heavy (non-hydrogen) atoms. The zero-order chi connectivity index (χ0) is 15.7. The fourth-order valence-electron chi connectivity index (χ4n) is 2.94. The van der Waals surface area contributed by atoms with Gasteiger partial charge in [-0.15, -0.1) is 0 Å². The molecule has 4 heteroatoms. The number of para-hydroxylation sites is 1. The number of amides is 1. The Bertz CT molecular complexity index is 571. The number of hydrogen-bond donors (Lipinski definition) is 1. The molecule has 0 bridgehead atoms. The van der Waals surface area contributed by atoms with E-state index in [0.717, 1.165) is 0 Å². The summed E-state index contributed by atoms with van der Waals surface area (Å²) in [7, 11) is 0. The van der Waals surface area contributed by atoms with Crippen molar-refractivity contribution in [1.82, 2.24) is 5.32 Å². The van der Waals surface area contributed by atoms with E-state index in [1.165, 1.54) is 0 Å². The molecule has 4 nitrogen and oxygen atoms in total. The fraction of sp³-hybridized carbons (Fsp3) is 0.529. The van der Waals surface area contributed by atoms with Gasteiger partial charge in [0.25, 0.3) is 5.91 Å². The summed E-state index contributed by atoms with van der Waals surface area (Å²) in [6.07, 6.45) is 0. The standard InChI is InChI=1S/C17H22N2O2/c1-16(2)14(17(16,3)4)10-19-15(20)11-21-13-8-6-5-7-12(13)9-18/h5-8,14H,10-11H2,1-4H3,(H,19,20). The lowest BCUT2D eigenvalue weighted by Gasteiger charge is -2.09. The molecule has 1 aromatic carbocycles. The number of nitrogens with zero attached hydrogens (tertiary/aromatic N) is 1. The first-order valence-electron chi connectivity index (χ1n) is 7.19. The zero-order valence-corrected chi connectivity index (χ0v) is 13.1. The molecule has 1 aliphatic carbocycles. The van der Waals surface area contributed by atoms with Crippen LogP contribution in [0.2, 0.25) is 0 Å². The van der Waals surface area contributed by atoms with Gasteiger partial charge in [0.1, 0.15) is 11.8 Å². The molecule has 1 N–H and O–H groups in total. The Balaban J connectivity index is 1.80. The molecule has 0 unspecified atom stereocenters. The van der Waals surface area contributed by atoms with Crippen LogP contribution in [0.15, 0.2) is 24.3 Å². The number of benzene rings is 1. The highest BCUT2D eigenvalue weighted by Crippen LogP contribution is 2.67. The van der Waals surface area contributed by atoms with E-state index in [1.807, 2.05) is 6.07 Å². The van der Waals surface area contributed by atoms with Crippen molar-refractivity contribution >= 4 is 5.91 Å². The third kappa shape index (κ3) is 2.87. The number of ether oxygens (including phenoxy) is 1. The smallest absolute Gasteiger partial charge is 0.257 e. The van der Waals surface area contributed by atoms with E-state index in [1.54, 1.807) is 24.3 Å². The van der Waals surface area contributed by atoms with Crippen molar-refractivity contribution in [2.75, 3.05) is 13.2 Å². The third-order valence-electron chi connectivity index (χ3n) is 5.19. The third-order valence-corrected chi connectivity index (χ3v) is 5.19. The highest BCUT2D eigenvalue weighted by Gasteiger charge is 2.64. The van der Waals surface area contributed by atoms with Crippen molar-refractivity contribution < 1.29 is 9.53 Å². The van der Waals surface area contributed by atoms with E-state index >= 15 is 0 Å². The van der Waals surface area contributed by atoms with Crippen LogP contribution in [0.1, 0.15) is 33.3 Å². The average molecular weight is 286 g/mol. The largest absolute Gasteiger partial charge is 0.482 e. The predicted octanol–water partition coefficient (Wildman–Crippen LogP) is 2.74. The van der Waals surface area contributed by atoms with Gasteiger partial charge in [-0.1, -0.05) is 39.8 Å². The molecular formula is C17H22N2O2. The van der Waals surface area contributed by atoms with E-state index < -0.39 is 0 Å². The molecule has 1 fully saturated rings. The van der Waals surface area contributed by atoms with Gasteiger partial charge in [0, 0.05) is 6.54 Å². The van der Waals surface area contributed by atoms with Crippen LogP contribution in [0, 0.1) is 28.1 Å². The summed E-state index contributed by atoms with van der Waals surface area (Å²) in [5.41, 5.74) is 0.957. The second kappa shape index (κ2) is 5.40. The van der Waals surface area contributed by atoms with Gasteiger partial charge in [0.2, 0.25) is 0 Å². The average Bonchev–Trinajstić information content (AvgIpc) is 2.84. The molecule has 0 aromatic heterocycles. The Hall–Kier alpha value is -2.02. The molecule has 1 amide bonds. The summed E-state index contributed by atoms with van der Waals surface area (Å²) in [4.78, 5) is 11.9. The lowest BCUT2D eigenvalue weighted by atomic mass is 10.0. The Morgan fingerprint density at radius 2 is 1.90 bits per heavy atom. The van der Waals surface area contributed by atoms with E-state index in [-0.39, 0.29) is 23.3 Å². The maximum Gasteiger partial charge on any atom is 0.257 e. The molecule has 0 heterocycles. The molecule has 2 rings (SSSR count). The van der Waals surface area contributed by atoms with Crippen LogP contribution in [-0.4, -0.2) is 19.1 Å².